The summed E-state index contributed by atoms with van der Waals surface area (Å²) in [5.41, 5.74) is 3.66. The van der Waals surface area contributed by atoms with Gasteiger partial charge >= 0.3 is 6.03 Å². The van der Waals surface area contributed by atoms with Crippen LogP contribution < -0.4 is 20.9 Å². The van der Waals surface area contributed by atoms with Crippen LogP contribution in [-0.2, 0) is 4.79 Å². The highest BCUT2D eigenvalue weighted by molar-refractivity contribution is 6.00. The number of aromatic nitrogens is 1. The van der Waals surface area contributed by atoms with Crippen molar-refractivity contribution in [3.8, 4) is 0 Å². The van der Waals surface area contributed by atoms with Crippen LogP contribution in [0.15, 0.2) is 83.3 Å². The number of carbonyl (C=O) groups excluding carboxylic acids is 2. The maximum absolute atomic E-state index is 12.8. The van der Waals surface area contributed by atoms with E-state index in [1.54, 1.807) is 24.3 Å². The molecule has 34 heavy (non-hydrogen) atoms. The van der Waals surface area contributed by atoms with E-state index < -0.39 is 0 Å². The highest BCUT2D eigenvalue weighted by Crippen LogP contribution is 2.27. The molecule has 172 valence electrons. The van der Waals surface area contributed by atoms with Crippen molar-refractivity contribution in [1.29, 1.82) is 0 Å². The molecular formula is C26H25N5O3. The number of urea groups is 1. The van der Waals surface area contributed by atoms with Gasteiger partial charge in [0, 0.05) is 36.1 Å². The molecule has 4 aromatic rings. The third kappa shape index (κ3) is 5.01. The Morgan fingerprint density at radius 3 is 2.03 bits per heavy atom. The predicted molar refractivity (Wildman–Crippen MR) is 133 cm³/mol. The molecule has 0 bridgehead atoms. The number of benzene rings is 3. The molecule has 0 aliphatic carbocycles. The summed E-state index contributed by atoms with van der Waals surface area (Å²) in [6.45, 7) is 1.43. The molecular weight excluding hydrogens is 430 g/mol. The van der Waals surface area contributed by atoms with E-state index >= 15 is 0 Å². The first-order chi connectivity index (χ1) is 16.6. The van der Waals surface area contributed by atoms with Crippen LogP contribution in [0.1, 0.15) is 12.8 Å². The summed E-state index contributed by atoms with van der Waals surface area (Å²) in [6, 6.07) is 24.3. The summed E-state index contributed by atoms with van der Waals surface area (Å²) in [6.07, 6.45) is 1.45. The standard InChI is InChI=1S/C26H25N5O3/c32-24(18-14-16-31(17-15-18)26-30-22-8-4-5-9-23(22)34-26)27-20-10-12-21(13-11-20)29-25(33)28-19-6-2-1-3-7-19/h1-13,18H,14-17H2,(H,27,32)(H2,28,29,33). The third-order valence-electron chi connectivity index (χ3n) is 5.86. The lowest BCUT2D eigenvalue weighted by Gasteiger charge is -2.30. The molecule has 0 saturated carbocycles. The number of rotatable bonds is 5. The van der Waals surface area contributed by atoms with Crippen LogP contribution in [0.3, 0.4) is 0 Å². The quantitative estimate of drug-likeness (QED) is 0.378. The van der Waals surface area contributed by atoms with Gasteiger partial charge in [0.05, 0.1) is 0 Å². The predicted octanol–water partition coefficient (Wildman–Crippen LogP) is 5.33. The van der Waals surface area contributed by atoms with Gasteiger partial charge in [-0.25, -0.2) is 4.79 Å². The number of piperidine rings is 1. The number of hydrogen-bond acceptors (Lipinski definition) is 5. The minimum absolute atomic E-state index is 0.000236. The zero-order valence-corrected chi connectivity index (χ0v) is 18.5. The lowest BCUT2D eigenvalue weighted by Crippen LogP contribution is -2.38. The lowest BCUT2D eigenvalue weighted by atomic mass is 9.96. The Kier molecular flexibility index (Phi) is 6.11. The number of hydrogen-bond donors (Lipinski definition) is 3. The fraction of sp³-hybridized carbons (Fsp3) is 0.192. The van der Waals surface area contributed by atoms with Crippen LogP contribution in [-0.4, -0.2) is 30.0 Å². The van der Waals surface area contributed by atoms with E-state index in [4.69, 9.17) is 4.42 Å². The molecule has 0 atom stereocenters. The second-order valence-electron chi connectivity index (χ2n) is 8.24. The first kappa shape index (κ1) is 21.5. The molecule has 3 aromatic carbocycles. The fourth-order valence-corrected chi connectivity index (χ4v) is 4.02. The van der Waals surface area contributed by atoms with Crippen molar-refractivity contribution in [2.75, 3.05) is 33.9 Å². The van der Waals surface area contributed by atoms with Gasteiger partial charge in [0.25, 0.3) is 6.01 Å². The van der Waals surface area contributed by atoms with E-state index in [0.717, 1.165) is 23.9 Å². The molecule has 2 heterocycles. The van der Waals surface area contributed by atoms with Crippen LogP contribution in [0.5, 0.6) is 0 Å². The third-order valence-corrected chi connectivity index (χ3v) is 5.86. The SMILES string of the molecule is O=C(Nc1ccccc1)Nc1ccc(NC(=O)C2CCN(c3nc4ccccc4o3)CC2)cc1. The first-order valence-corrected chi connectivity index (χ1v) is 11.3. The number of amides is 3. The van der Waals surface area contributed by atoms with E-state index in [1.807, 2.05) is 54.6 Å². The average molecular weight is 456 g/mol. The summed E-state index contributed by atoms with van der Waals surface area (Å²) in [5.74, 6) is -0.0742. The maximum Gasteiger partial charge on any atom is 0.323 e. The molecule has 3 N–H and O–H groups in total. The summed E-state index contributed by atoms with van der Waals surface area (Å²) in [7, 11) is 0. The van der Waals surface area contributed by atoms with Gasteiger partial charge in [0.15, 0.2) is 5.58 Å². The highest BCUT2D eigenvalue weighted by Gasteiger charge is 2.27. The smallest absolute Gasteiger partial charge is 0.323 e. The molecule has 1 aliphatic rings. The highest BCUT2D eigenvalue weighted by atomic mass is 16.4. The summed E-state index contributed by atoms with van der Waals surface area (Å²) < 4.78 is 5.85. The Balaban J connectivity index is 1.11. The first-order valence-electron chi connectivity index (χ1n) is 11.3. The number of oxazole rings is 1. The van der Waals surface area contributed by atoms with E-state index in [0.29, 0.717) is 36.2 Å². The largest absolute Gasteiger partial charge is 0.423 e. The van der Waals surface area contributed by atoms with Crippen molar-refractivity contribution in [3.63, 3.8) is 0 Å². The second kappa shape index (κ2) is 9.66. The number of nitrogens with one attached hydrogen (secondary N) is 3. The van der Waals surface area contributed by atoms with Gasteiger partial charge in [0.1, 0.15) is 5.52 Å². The van der Waals surface area contributed by atoms with E-state index in [-0.39, 0.29) is 17.9 Å². The Morgan fingerprint density at radius 1 is 0.765 bits per heavy atom. The number of fused-ring (bicyclic) bond motifs is 1. The topological polar surface area (TPSA) is 99.5 Å². The van der Waals surface area contributed by atoms with Crippen molar-refractivity contribution in [2.45, 2.75) is 12.8 Å². The van der Waals surface area contributed by atoms with Crippen LogP contribution in [0.2, 0.25) is 0 Å². The molecule has 1 fully saturated rings. The van der Waals surface area contributed by atoms with Gasteiger partial charge in [0.2, 0.25) is 5.91 Å². The van der Waals surface area contributed by atoms with Gasteiger partial charge in [-0.05, 0) is 61.4 Å². The van der Waals surface area contributed by atoms with Crippen molar-refractivity contribution < 1.29 is 14.0 Å². The average Bonchev–Trinajstić information content (AvgIpc) is 3.30. The van der Waals surface area contributed by atoms with Crippen molar-refractivity contribution in [2.24, 2.45) is 5.92 Å². The van der Waals surface area contributed by atoms with Gasteiger partial charge in [-0.2, -0.15) is 4.98 Å². The van der Waals surface area contributed by atoms with Crippen LogP contribution >= 0.6 is 0 Å². The van der Waals surface area contributed by atoms with Gasteiger partial charge in [-0.1, -0.05) is 30.3 Å². The van der Waals surface area contributed by atoms with Crippen LogP contribution in [0.4, 0.5) is 27.9 Å². The number of anilines is 4. The summed E-state index contributed by atoms with van der Waals surface area (Å²) in [5, 5.41) is 8.53. The molecule has 0 radical (unpaired) electrons. The molecule has 8 heteroatoms. The molecule has 8 nitrogen and oxygen atoms in total. The van der Waals surface area contributed by atoms with E-state index in [9.17, 15) is 9.59 Å². The molecule has 3 amide bonds. The zero-order chi connectivity index (χ0) is 23.3. The number of nitrogens with zero attached hydrogens (tertiary/aromatic N) is 2. The van der Waals surface area contributed by atoms with E-state index in [1.165, 1.54) is 0 Å². The van der Waals surface area contributed by atoms with Crippen LogP contribution in [0, 0.1) is 5.92 Å². The van der Waals surface area contributed by atoms with E-state index in [2.05, 4.69) is 25.8 Å². The molecule has 1 aromatic heterocycles. The summed E-state index contributed by atoms with van der Waals surface area (Å²) >= 11 is 0. The maximum atomic E-state index is 12.8. The Bertz CT molecular complexity index is 1250. The molecule has 5 rings (SSSR count). The van der Waals surface area contributed by atoms with Crippen molar-refractivity contribution in [3.05, 3.63) is 78.9 Å². The zero-order valence-electron chi connectivity index (χ0n) is 18.5. The van der Waals surface area contributed by atoms with Gasteiger partial charge in [-0.3, -0.25) is 4.79 Å². The molecule has 1 aliphatic heterocycles. The Labute approximate surface area is 197 Å². The molecule has 0 spiro atoms. The second-order valence-corrected chi connectivity index (χ2v) is 8.24. The van der Waals surface area contributed by atoms with Gasteiger partial charge < -0.3 is 25.3 Å². The molecule has 0 unspecified atom stereocenters. The number of para-hydroxylation sites is 3. The lowest BCUT2D eigenvalue weighted by molar-refractivity contribution is -0.120. The summed E-state index contributed by atoms with van der Waals surface area (Å²) in [4.78, 5) is 31.5. The molecule has 1 saturated heterocycles. The fourth-order valence-electron chi connectivity index (χ4n) is 4.02. The van der Waals surface area contributed by atoms with Crippen LogP contribution in [0.25, 0.3) is 11.1 Å². The monoisotopic (exact) mass is 455 g/mol. The Hall–Kier alpha value is -4.33. The normalized spacial score (nSPS) is 14.1. The minimum Gasteiger partial charge on any atom is -0.423 e. The van der Waals surface area contributed by atoms with Crippen molar-refractivity contribution in [1.82, 2.24) is 4.98 Å². The minimum atomic E-state index is -0.325. The number of carbonyl (C=O) groups is 2. The van der Waals surface area contributed by atoms with Gasteiger partial charge in [-0.15, -0.1) is 0 Å². The Morgan fingerprint density at radius 2 is 1.35 bits per heavy atom. The van der Waals surface area contributed by atoms with Crippen molar-refractivity contribution >= 4 is 46.1 Å².